The summed E-state index contributed by atoms with van der Waals surface area (Å²) in [6, 6.07) is 1.09. The summed E-state index contributed by atoms with van der Waals surface area (Å²) in [4.78, 5) is 14.6. The van der Waals surface area contributed by atoms with Crippen LogP contribution in [-0.2, 0) is 4.79 Å². The summed E-state index contributed by atoms with van der Waals surface area (Å²) >= 11 is 0. The number of nitrogens with one attached hydrogen (secondary N) is 1. The number of carbonyl (C=O) groups is 1. The normalized spacial score (nSPS) is 37.2. The van der Waals surface area contributed by atoms with Crippen LogP contribution in [0.4, 0.5) is 0 Å². The molecule has 0 bridgehead atoms. The Morgan fingerprint density at radius 3 is 2.63 bits per heavy atom. The summed E-state index contributed by atoms with van der Waals surface area (Å²) in [5, 5.41) is 3.68. The summed E-state index contributed by atoms with van der Waals surface area (Å²) in [7, 11) is 0. The molecule has 2 unspecified atom stereocenters. The monoisotopic (exact) mass is 265 g/mol. The van der Waals surface area contributed by atoms with Gasteiger partial charge < -0.3 is 16.0 Å². The number of primary amides is 1. The van der Waals surface area contributed by atoms with Crippen molar-refractivity contribution in [2.24, 2.45) is 5.73 Å². The van der Waals surface area contributed by atoms with Crippen molar-refractivity contribution in [3.05, 3.63) is 0 Å². The molecule has 3 rings (SSSR count). The number of fused-ring (bicyclic) bond motifs is 1. The third-order valence-corrected chi connectivity index (χ3v) is 5.47. The molecule has 108 valence electrons. The minimum atomic E-state index is -0.423. The highest BCUT2D eigenvalue weighted by Gasteiger charge is 2.46. The topological polar surface area (TPSA) is 58.4 Å². The maximum absolute atomic E-state index is 12.1. The van der Waals surface area contributed by atoms with Gasteiger partial charge in [0.1, 0.15) is 5.54 Å². The Labute approximate surface area is 116 Å². The van der Waals surface area contributed by atoms with Crippen molar-refractivity contribution in [3.63, 3.8) is 0 Å². The van der Waals surface area contributed by atoms with E-state index in [4.69, 9.17) is 5.73 Å². The van der Waals surface area contributed by atoms with Crippen molar-refractivity contribution in [1.29, 1.82) is 0 Å². The van der Waals surface area contributed by atoms with Gasteiger partial charge in [-0.2, -0.15) is 0 Å². The summed E-state index contributed by atoms with van der Waals surface area (Å²) in [6.07, 6.45) is 10.7. The molecule has 3 N–H and O–H groups in total. The highest BCUT2D eigenvalue weighted by Crippen LogP contribution is 2.34. The molecule has 0 aromatic rings. The molecule has 2 heterocycles. The van der Waals surface area contributed by atoms with Gasteiger partial charge in [0.2, 0.25) is 5.91 Å². The second-order valence-electron chi connectivity index (χ2n) is 6.71. The van der Waals surface area contributed by atoms with Gasteiger partial charge >= 0.3 is 0 Å². The molecule has 4 nitrogen and oxygen atoms in total. The van der Waals surface area contributed by atoms with Gasteiger partial charge in [-0.25, -0.2) is 0 Å². The van der Waals surface area contributed by atoms with Gasteiger partial charge in [-0.05, 0) is 45.1 Å². The van der Waals surface area contributed by atoms with Gasteiger partial charge in [0.05, 0.1) is 0 Å². The van der Waals surface area contributed by atoms with E-state index in [1.165, 1.54) is 51.5 Å². The molecular formula is C15H27N3O. The maximum atomic E-state index is 12.1. The van der Waals surface area contributed by atoms with E-state index >= 15 is 0 Å². The van der Waals surface area contributed by atoms with E-state index in [9.17, 15) is 4.79 Å². The van der Waals surface area contributed by atoms with Crippen molar-refractivity contribution < 1.29 is 4.79 Å². The van der Waals surface area contributed by atoms with Gasteiger partial charge in [-0.1, -0.05) is 19.3 Å². The summed E-state index contributed by atoms with van der Waals surface area (Å²) in [5.41, 5.74) is 5.36. The van der Waals surface area contributed by atoms with E-state index in [0.29, 0.717) is 12.1 Å². The lowest BCUT2D eigenvalue weighted by Crippen LogP contribution is -2.64. The lowest BCUT2D eigenvalue weighted by atomic mass is 9.80. The minimum Gasteiger partial charge on any atom is -0.368 e. The fourth-order valence-electron chi connectivity index (χ4n) is 4.32. The Balaban J connectivity index is 1.70. The molecule has 3 aliphatic rings. The van der Waals surface area contributed by atoms with Crippen molar-refractivity contribution in [3.8, 4) is 0 Å². The Morgan fingerprint density at radius 1 is 1.11 bits per heavy atom. The Kier molecular flexibility index (Phi) is 3.81. The number of nitrogens with zero attached hydrogens (tertiary/aromatic N) is 1. The number of rotatable bonds is 3. The smallest absolute Gasteiger partial charge is 0.237 e. The second kappa shape index (κ2) is 5.41. The van der Waals surface area contributed by atoms with Crippen molar-refractivity contribution in [2.45, 2.75) is 75.4 Å². The molecule has 19 heavy (non-hydrogen) atoms. The van der Waals surface area contributed by atoms with E-state index in [1.54, 1.807) is 0 Å². The molecule has 2 saturated heterocycles. The predicted molar refractivity (Wildman–Crippen MR) is 75.8 cm³/mol. The molecular weight excluding hydrogens is 238 g/mol. The van der Waals surface area contributed by atoms with Crippen LogP contribution in [0.2, 0.25) is 0 Å². The van der Waals surface area contributed by atoms with E-state index in [-0.39, 0.29) is 5.91 Å². The first-order valence-corrected chi connectivity index (χ1v) is 8.01. The molecule has 2 aliphatic heterocycles. The van der Waals surface area contributed by atoms with Crippen molar-refractivity contribution >= 4 is 5.91 Å². The Bertz CT molecular complexity index is 340. The first-order valence-electron chi connectivity index (χ1n) is 8.01. The van der Waals surface area contributed by atoms with Crippen LogP contribution in [0.15, 0.2) is 0 Å². The summed E-state index contributed by atoms with van der Waals surface area (Å²) in [6.45, 7) is 2.25. The number of hydrogen-bond acceptors (Lipinski definition) is 3. The first kappa shape index (κ1) is 13.4. The zero-order chi connectivity index (χ0) is 13.3. The van der Waals surface area contributed by atoms with Crippen LogP contribution in [-0.4, -0.2) is 41.5 Å². The third-order valence-electron chi connectivity index (χ3n) is 5.47. The van der Waals surface area contributed by atoms with E-state index in [0.717, 1.165) is 19.4 Å². The maximum Gasteiger partial charge on any atom is 0.237 e. The average Bonchev–Trinajstić information content (AvgIpc) is 2.87. The average molecular weight is 265 g/mol. The van der Waals surface area contributed by atoms with Gasteiger partial charge in [0.25, 0.3) is 0 Å². The Hall–Kier alpha value is -0.610. The van der Waals surface area contributed by atoms with Crippen molar-refractivity contribution in [1.82, 2.24) is 10.2 Å². The van der Waals surface area contributed by atoms with Gasteiger partial charge in [-0.3, -0.25) is 4.79 Å². The summed E-state index contributed by atoms with van der Waals surface area (Å²) < 4.78 is 0. The molecule has 1 aliphatic carbocycles. The van der Waals surface area contributed by atoms with Gasteiger partial charge in [0, 0.05) is 18.6 Å². The van der Waals surface area contributed by atoms with Crippen LogP contribution in [0.25, 0.3) is 0 Å². The van der Waals surface area contributed by atoms with Crippen LogP contribution >= 0.6 is 0 Å². The largest absolute Gasteiger partial charge is 0.368 e. The predicted octanol–water partition coefficient (Wildman–Crippen LogP) is 1.39. The van der Waals surface area contributed by atoms with Gasteiger partial charge in [0.15, 0.2) is 0 Å². The highest BCUT2D eigenvalue weighted by molar-refractivity contribution is 5.85. The van der Waals surface area contributed by atoms with E-state index in [2.05, 4.69) is 10.2 Å². The molecule has 0 aromatic carbocycles. The Morgan fingerprint density at radius 2 is 1.89 bits per heavy atom. The molecule has 4 heteroatoms. The zero-order valence-electron chi connectivity index (χ0n) is 11.9. The van der Waals surface area contributed by atoms with E-state index < -0.39 is 5.54 Å². The van der Waals surface area contributed by atoms with Crippen LogP contribution in [0.3, 0.4) is 0 Å². The number of carbonyl (C=O) groups excluding carboxylic acids is 1. The minimum absolute atomic E-state index is 0.121. The second-order valence-corrected chi connectivity index (χ2v) is 6.71. The molecule has 1 amide bonds. The number of piperidine rings is 1. The first-order chi connectivity index (χ1) is 9.20. The quantitative estimate of drug-likeness (QED) is 0.811. The lowest BCUT2D eigenvalue weighted by Gasteiger charge is -2.45. The third kappa shape index (κ3) is 2.65. The van der Waals surface area contributed by atoms with Crippen molar-refractivity contribution in [2.75, 3.05) is 13.1 Å². The number of nitrogens with two attached hydrogens (primary N) is 1. The molecule has 1 saturated carbocycles. The van der Waals surface area contributed by atoms with Crippen LogP contribution < -0.4 is 11.1 Å². The van der Waals surface area contributed by atoms with Crippen LogP contribution in [0.1, 0.15) is 57.8 Å². The number of amides is 1. The van der Waals surface area contributed by atoms with Crippen LogP contribution in [0.5, 0.6) is 0 Å². The molecule has 0 spiro atoms. The number of hydrogen-bond donors (Lipinski definition) is 2. The lowest BCUT2D eigenvalue weighted by molar-refractivity contribution is -0.127. The summed E-state index contributed by atoms with van der Waals surface area (Å²) in [5.74, 6) is -0.121. The highest BCUT2D eigenvalue weighted by atomic mass is 16.1. The fourth-order valence-corrected chi connectivity index (χ4v) is 4.32. The SMILES string of the molecule is NC(=O)C1(NC2CCCCC2)CCN2CCCC2C1. The zero-order valence-corrected chi connectivity index (χ0v) is 11.9. The fraction of sp³-hybridized carbons (Fsp3) is 0.933. The van der Waals surface area contributed by atoms with Crippen LogP contribution in [0, 0.1) is 0 Å². The molecule has 3 fully saturated rings. The molecule has 0 radical (unpaired) electrons. The van der Waals surface area contributed by atoms with Gasteiger partial charge in [-0.15, -0.1) is 0 Å². The molecule has 0 aromatic heterocycles. The standard InChI is InChI=1S/C15H27N3O/c16-14(19)15(17-12-5-2-1-3-6-12)8-10-18-9-4-7-13(18)11-15/h12-13,17H,1-11H2,(H2,16,19). The molecule has 2 atom stereocenters. The van der Waals surface area contributed by atoms with E-state index in [1.807, 2.05) is 0 Å².